The highest BCUT2D eigenvalue weighted by atomic mass is 32.2. The molecule has 3 nitrogen and oxygen atoms in total. The Kier molecular flexibility index (Phi) is 2.16. The summed E-state index contributed by atoms with van der Waals surface area (Å²) >= 11 is 0. The molecule has 15 heavy (non-hydrogen) atoms. The number of rotatable bonds is 1. The van der Waals surface area contributed by atoms with Crippen molar-refractivity contribution in [1.82, 2.24) is 0 Å². The average molecular weight is 221 g/mol. The topological polar surface area (TPSA) is 60.2 Å². The first-order chi connectivity index (χ1) is 6.98. The van der Waals surface area contributed by atoms with Gasteiger partial charge in [-0.15, -0.1) is 0 Å². The zero-order valence-corrected chi connectivity index (χ0v) is 9.08. The molecule has 0 aliphatic carbocycles. The van der Waals surface area contributed by atoms with E-state index in [1.54, 1.807) is 24.3 Å². The maximum Gasteiger partial charge on any atom is 0.176 e. The summed E-state index contributed by atoms with van der Waals surface area (Å²) in [5.41, 5.74) is 6.21. The van der Waals surface area contributed by atoms with E-state index in [2.05, 4.69) is 0 Å². The second kappa shape index (κ2) is 3.24. The minimum absolute atomic E-state index is 0.326. The lowest BCUT2D eigenvalue weighted by molar-refractivity contribution is 0.602. The number of nitrogens with two attached hydrogens (primary N) is 1. The molecule has 0 aliphatic heterocycles. The summed E-state index contributed by atoms with van der Waals surface area (Å²) in [6, 6.07) is 10.5. The third-order valence-corrected chi connectivity index (χ3v) is 3.42. The summed E-state index contributed by atoms with van der Waals surface area (Å²) in [6.07, 6.45) is 1.20. The molecule has 0 aliphatic rings. The first-order valence-corrected chi connectivity index (χ1v) is 6.36. The van der Waals surface area contributed by atoms with Crippen LogP contribution in [0.5, 0.6) is 0 Å². The van der Waals surface area contributed by atoms with Crippen molar-refractivity contribution in [2.24, 2.45) is 0 Å². The van der Waals surface area contributed by atoms with E-state index in [-0.39, 0.29) is 0 Å². The van der Waals surface area contributed by atoms with E-state index in [1.165, 1.54) is 6.26 Å². The Labute approximate surface area is 88.4 Å². The number of hydrogen-bond donors (Lipinski definition) is 1. The molecule has 2 aromatic carbocycles. The Morgan fingerprint density at radius 1 is 1.13 bits per heavy atom. The summed E-state index contributed by atoms with van der Waals surface area (Å²) in [5, 5.41) is 1.56. The van der Waals surface area contributed by atoms with Crippen molar-refractivity contribution in [2.45, 2.75) is 4.90 Å². The molecule has 0 fully saturated rings. The van der Waals surface area contributed by atoms with Gasteiger partial charge in [-0.05, 0) is 23.6 Å². The van der Waals surface area contributed by atoms with Gasteiger partial charge >= 0.3 is 0 Å². The molecule has 2 aromatic rings. The SMILES string of the molecule is CS(=O)(=O)c1cccc2ccc(N)cc12. The summed E-state index contributed by atoms with van der Waals surface area (Å²) in [7, 11) is -3.20. The molecule has 0 amide bonds. The van der Waals surface area contributed by atoms with Crippen molar-refractivity contribution in [3.8, 4) is 0 Å². The van der Waals surface area contributed by atoms with Crippen LogP contribution in [-0.2, 0) is 9.84 Å². The molecule has 0 bridgehead atoms. The van der Waals surface area contributed by atoms with Gasteiger partial charge in [-0.3, -0.25) is 0 Å². The molecule has 0 saturated carbocycles. The van der Waals surface area contributed by atoms with Crippen molar-refractivity contribution in [3.63, 3.8) is 0 Å². The van der Waals surface area contributed by atoms with Crippen molar-refractivity contribution < 1.29 is 8.42 Å². The third kappa shape index (κ3) is 1.80. The van der Waals surface area contributed by atoms with Crippen LogP contribution in [0.4, 0.5) is 5.69 Å². The van der Waals surface area contributed by atoms with E-state index in [4.69, 9.17) is 5.73 Å². The number of nitrogen functional groups attached to an aromatic ring is 1. The first kappa shape index (κ1) is 9.98. The predicted octanol–water partition coefficient (Wildman–Crippen LogP) is 1.83. The van der Waals surface area contributed by atoms with Gasteiger partial charge in [0, 0.05) is 17.3 Å². The number of fused-ring (bicyclic) bond motifs is 1. The Hall–Kier alpha value is -1.55. The van der Waals surface area contributed by atoms with E-state index in [0.29, 0.717) is 16.0 Å². The maximum atomic E-state index is 11.5. The van der Waals surface area contributed by atoms with Crippen LogP contribution >= 0.6 is 0 Å². The minimum Gasteiger partial charge on any atom is -0.399 e. The molecule has 0 spiro atoms. The molecule has 2 rings (SSSR count). The number of benzene rings is 2. The molecule has 4 heteroatoms. The van der Waals surface area contributed by atoms with Crippen molar-refractivity contribution in [2.75, 3.05) is 12.0 Å². The fraction of sp³-hybridized carbons (Fsp3) is 0.0909. The molecule has 0 saturated heterocycles. The van der Waals surface area contributed by atoms with Gasteiger partial charge in [-0.2, -0.15) is 0 Å². The summed E-state index contributed by atoms with van der Waals surface area (Å²) in [5.74, 6) is 0. The summed E-state index contributed by atoms with van der Waals surface area (Å²) < 4.78 is 23.0. The predicted molar refractivity (Wildman–Crippen MR) is 61.5 cm³/mol. The molecule has 0 atom stereocenters. The number of anilines is 1. The zero-order chi connectivity index (χ0) is 11.1. The van der Waals surface area contributed by atoms with Crippen LogP contribution in [0.15, 0.2) is 41.3 Å². The minimum atomic E-state index is -3.20. The Balaban J connectivity index is 2.92. The highest BCUT2D eigenvalue weighted by Gasteiger charge is 2.10. The molecule has 78 valence electrons. The van der Waals surface area contributed by atoms with Crippen LogP contribution in [0.1, 0.15) is 0 Å². The van der Waals surface area contributed by atoms with Gasteiger partial charge in [0.05, 0.1) is 4.90 Å². The summed E-state index contributed by atoms with van der Waals surface area (Å²) in [6.45, 7) is 0. The van der Waals surface area contributed by atoms with Gasteiger partial charge in [-0.1, -0.05) is 18.2 Å². The quantitative estimate of drug-likeness (QED) is 0.747. The van der Waals surface area contributed by atoms with Crippen LogP contribution in [0.3, 0.4) is 0 Å². The van der Waals surface area contributed by atoms with Crippen molar-refractivity contribution in [1.29, 1.82) is 0 Å². The molecule has 0 unspecified atom stereocenters. The zero-order valence-electron chi connectivity index (χ0n) is 8.27. The van der Waals surface area contributed by atoms with Gasteiger partial charge in [0.1, 0.15) is 0 Å². The van der Waals surface area contributed by atoms with Gasteiger partial charge < -0.3 is 5.73 Å². The van der Waals surface area contributed by atoms with Crippen molar-refractivity contribution in [3.05, 3.63) is 36.4 Å². The molecule has 0 aromatic heterocycles. The van der Waals surface area contributed by atoms with Crippen LogP contribution < -0.4 is 5.73 Å². The maximum absolute atomic E-state index is 11.5. The second-order valence-electron chi connectivity index (χ2n) is 3.51. The lowest BCUT2D eigenvalue weighted by Crippen LogP contribution is -1.98. The van der Waals surface area contributed by atoms with Crippen LogP contribution in [-0.4, -0.2) is 14.7 Å². The highest BCUT2D eigenvalue weighted by Crippen LogP contribution is 2.24. The molecule has 0 heterocycles. The Morgan fingerprint density at radius 2 is 1.87 bits per heavy atom. The lowest BCUT2D eigenvalue weighted by Gasteiger charge is -2.05. The normalized spacial score (nSPS) is 11.8. The molecule has 2 N–H and O–H groups in total. The average Bonchev–Trinajstić information content (AvgIpc) is 2.15. The van der Waals surface area contributed by atoms with Gasteiger partial charge in [0.2, 0.25) is 0 Å². The monoisotopic (exact) mass is 221 g/mol. The van der Waals surface area contributed by atoms with Crippen LogP contribution in [0.2, 0.25) is 0 Å². The van der Waals surface area contributed by atoms with E-state index >= 15 is 0 Å². The lowest BCUT2D eigenvalue weighted by atomic mass is 10.1. The van der Waals surface area contributed by atoms with Crippen molar-refractivity contribution >= 4 is 26.3 Å². The van der Waals surface area contributed by atoms with E-state index in [1.807, 2.05) is 12.1 Å². The van der Waals surface area contributed by atoms with E-state index < -0.39 is 9.84 Å². The Bertz CT molecular complexity index is 618. The molecular formula is C11H11NO2S. The third-order valence-electron chi connectivity index (χ3n) is 2.27. The molecule has 0 radical (unpaired) electrons. The number of hydrogen-bond acceptors (Lipinski definition) is 3. The van der Waals surface area contributed by atoms with E-state index in [0.717, 1.165) is 5.39 Å². The van der Waals surface area contributed by atoms with Gasteiger partial charge in [0.15, 0.2) is 9.84 Å². The Morgan fingerprint density at radius 3 is 2.53 bits per heavy atom. The second-order valence-corrected chi connectivity index (χ2v) is 5.49. The van der Waals surface area contributed by atoms with Gasteiger partial charge in [-0.25, -0.2) is 8.42 Å². The fourth-order valence-electron chi connectivity index (χ4n) is 1.58. The van der Waals surface area contributed by atoms with Crippen LogP contribution in [0.25, 0.3) is 10.8 Å². The van der Waals surface area contributed by atoms with Crippen LogP contribution in [0, 0.1) is 0 Å². The smallest absolute Gasteiger partial charge is 0.176 e. The first-order valence-electron chi connectivity index (χ1n) is 4.47. The number of sulfone groups is 1. The highest BCUT2D eigenvalue weighted by molar-refractivity contribution is 7.91. The van der Waals surface area contributed by atoms with E-state index in [9.17, 15) is 8.42 Å². The standard InChI is InChI=1S/C11H11NO2S/c1-15(13,14)11-4-2-3-8-5-6-9(12)7-10(8)11/h2-7H,12H2,1H3. The molecular weight excluding hydrogens is 210 g/mol. The van der Waals surface area contributed by atoms with Gasteiger partial charge in [0.25, 0.3) is 0 Å². The largest absolute Gasteiger partial charge is 0.399 e. The fourth-order valence-corrected chi connectivity index (χ4v) is 2.49. The summed E-state index contributed by atoms with van der Waals surface area (Å²) in [4.78, 5) is 0.326.